The number of rotatable bonds is 3. The summed E-state index contributed by atoms with van der Waals surface area (Å²) >= 11 is 0. The Hall–Kier alpha value is -2.69. The molecule has 1 aliphatic carbocycles. The molecule has 0 unspecified atom stereocenters. The Bertz CT molecular complexity index is 995. The van der Waals surface area contributed by atoms with Crippen LogP contribution in [-0.2, 0) is 19.4 Å². The van der Waals surface area contributed by atoms with Gasteiger partial charge in [0.2, 0.25) is 0 Å². The first-order valence-electron chi connectivity index (χ1n) is 7.87. The summed E-state index contributed by atoms with van der Waals surface area (Å²) in [5, 5.41) is 3.77. The van der Waals surface area contributed by atoms with Gasteiger partial charge in [0, 0.05) is 24.1 Å². The minimum atomic E-state index is -0.664. The molecule has 0 saturated carbocycles. The van der Waals surface area contributed by atoms with E-state index >= 15 is 0 Å². The molecule has 122 valence electrons. The average molecular weight is 327 g/mol. The number of fused-ring (bicyclic) bond motifs is 2. The average Bonchev–Trinajstić information content (AvgIpc) is 2.99. The fraction of sp³-hybridized carbons (Fsp3) is 0.211. The number of halogens is 2. The SMILES string of the molecule is O=c1cc(CNc2ccc(F)cc2F)c2cc3c(cc2o1)CCC3. The molecule has 4 rings (SSSR count). The Labute approximate surface area is 136 Å². The second-order valence-electron chi connectivity index (χ2n) is 6.04. The zero-order chi connectivity index (χ0) is 16.7. The summed E-state index contributed by atoms with van der Waals surface area (Å²) in [6, 6.07) is 8.76. The Morgan fingerprint density at radius 1 is 1.04 bits per heavy atom. The Morgan fingerprint density at radius 3 is 2.62 bits per heavy atom. The van der Waals surface area contributed by atoms with Gasteiger partial charge in [-0.05, 0) is 60.2 Å². The van der Waals surface area contributed by atoms with E-state index in [0.29, 0.717) is 5.58 Å². The van der Waals surface area contributed by atoms with Gasteiger partial charge in [-0.1, -0.05) is 0 Å². The Balaban J connectivity index is 1.72. The molecule has 5 heteroatoms. The molecule has 3 aromatic rings. The minimum Gasteiger partial charge on any atom is -0.423 e. The highest BCUT2D eigenvalue weighted by Crippen LogP contribution is 2.29. The van der Waals surface area contributed by atoms with E-state index in [9.17, 15) is 13.6 Å². The van der Waals surface area contributed by atoms with Crippen LogP contribution in [0.3, 0.4) is 0 Å². The lowest BCUT2D eigenvalue weighted by Gasteiger charge is -2.11. The molecule has 2 aromatic carbocycles. The molecule has 0 atom stereocenters. The summed E-state index contributed by atoms with van der Waals surface area (Å²) in [4.78, 5) is 11.8. The van der Waals surface area contributed by atoms with Crippen LogP contribution in [0.5, 0.6) is 0 Å². The molecule has 3 nitrogen and oxygen atoms in total. The third-order valence-corrected chi connectivity index (χ3v) is 4.44. The molecule has 0 saturated heterocycles. The second kappa shape index (κ2) is 5.74. The van der Waals surface area contributed by atoms with Crippen LogP contribution < -0.4 is 10.9 Å². The molecular weight excluding hydrogens is 312 g/mol. The van der Waals surface area contributed by atoms with Gasteiger partial charge in [0.15, 0.2) is 0 Å². The molecule has 1 heterocycles. The second-order valence-corrected chi connectivity index (χ2v) is 6.04. The summed E-state index contributed by atoms with van der Waals surface area (Å²) in [5.41, 5.74) is 3.54. The van der Waals surface area contributed by atoms with Crippen molar-refractivity contribution in [2.24, 2.45) is 0 Å². The number of hydrogen-bond donors (Lipinski definition) is 1. The molecule has 24 heavy (non-hydrogen) atoms. The highest BCUT2D eigenvalue weighted by Gasteiger charge is 2.15. The van der Waals surface area contributed by atoms with E-state index in [1.54, 1.807) is 0 Å². The van der Waals surface area contributed by atoms with E-state index in [4.69, 9.17) is 4.42 Å². The number of nitrogens with one attached hydrogen (secondary N) is 1. The third-order valence-electron chi connectivity index (χ3n) is 4.44. The summed E-state index contributed by atoms with van der Waals surface area (Å²) in [7, 11) is 0. The zero-order valence-corrected chi connectivity index (χ0v) is 12.9. The molecule has 1 aromatic heterocycles. The fourth-order valence-corrected chi connectivity index (χ4v) is 3.26. The molecule has 0 bridgehead atoms. The first-order chi connectivity index (χ1) is 11.6. The lowest BCUT2D eigenvalue weighted by molar-refractivity contribution is 0.558. The van der Waals surface area contributed by atoms with Crippen molar-refractivity contribution >= 4 is 16.7 Å². The van der Waals surface area contributed by atoms with Gasteiger partial charge in [-0.15, -0.1) is 0 Å². The van der Waals surface area contributed by atoms with E-state index in [-0.39, 0.29) is 12.2 Å². The molecule has 1 aliphatic rings. The van der Waals surface area contributed by atoms with Gasteiger partial charge in [0.1, 0.15) is 17.2 Å². The monoisotopic (exact) mass is 327 g/mol. The summed E-state index contributed by atoms with van der Waals surface area (Å²) < 4.78 is 32.0. The van der Waals surface area contributed by atoms with Crippen molar-refractivity contribution in [3.05, 3.63) is 75.1 Å². The summed E-state index contributed by atoms with van der Waals surface area (Å²) in [6.07, 6.45) is 3.12. The normalized spacial score (nSPS) is 13.2. The molecule has 0 radical (unpaired) electrons. The molecule has 0 spiro atoms. The lowest BCUT2D eigenvalue weighted by atomic mass is 10.0. The molecule has 0 fully saturated rings. The zero-order valence-electron chi connectivity index (χ0n) is 12.9. The van der Waals surface area contributed by atoms with Crippen molar-refractivity contribution in [1.29, 1.82) is 0 Å². The number of benzene rings is 2. The first kappa shape index (κ1) is 14.9. The van der Waals surface area contributed by atoms with Crippen LogP contribution in [0.1, 0.15) is 23.1 Å². The third kappa shape index (κ3) is 2.66. The van der Waals surface area contributed by atoms with Crippen molar-refractivity contribution in [3.63, 3.8) is 0 Å². The van der Waals surface area contributed by atoms with Gasteiger partial charge < -0.3 is 9.73 Å². The number of hydrogen-bond acceptors (Lipinski definition) is 3. The van der Waals surface area contributed by atoms with Crippen LogP contribution in [0.25, 0.3) is 11.0 Å². The number of anilines is 1. The van der Waals surface area contributed by atoms with E-state index in [1.165, 1.54) is 29.3 Å². The molecular formula is C19H15F2NO2. The predicted octanol–water partition coefficient (Wildman–Crippen LogP) is 4.17. The van der Waals surface area contributed by atoms with Gasteiger partial charge >= 0.3 is 5.63 Å². The maximum Gasteiger partial charge on any atom is 0.336 e. The standard InChI is InChI=1S/C19H15F2NO2/c20-14-4-5-17(16(21)9-14)22-10-13-8-19(23)24-18-7-12-3-1-2-11(12)6-15(13)18/h4-9,22H,1-3,10H2. The van der Waals surface area contributed by atoms with E-state index in [2.05, 4.69) is 11.4 Å². The maximum absolute atomic E-state index is 13.7. The summed E-state index contributed by atoms with van der Waals surface area (Å²) in [6.45, 7) is 0.253. The van der Waals surface area contributed by atoms with Crippen LogP contribution in [0.15, 0.2) is 45.6 Å². The van der Waals surface area contributed by atoms with Crippen molar-refractivity contribution in [3.8, 4) is 0 Å². The largest absolute Gasteiger partial charge is 0.423 e. The van der Waals surface area contributed by atoms with Crippen molar-refractivity contribution in [2.75, 3.05) is 5.32 Å². The highest BCUT2D eigenvalue weighted by atomic mass is 19.1. The maximum atomic E-state index is 13.7. The van der Waals surface area contributed by atoms with E-state index in [1.807, 2.05) is 6.07 Å². The topological polar surface area (TPSA) is 42.2 Å². The van der Waals surface area contributed by atoms with Crippen molar-refractivity contribution in [2.45, 2.75) is 25.8 Å². The summed E-state index contributed by atoms with van der Waals surface area (Å²) in [5.74, 6) is -1.29. The lowest BCUT2D eigenvalue weighted by Crippen LogP contribution is -2.07. The van der Waals surface area contributed by atoms with Gasteiger partial charge in [-0.25, -0.2) is 13.6 Å². The minimum absolute atomic E-state index is 0.193. The van der Waals surface area contributed by atoms with Crippen LogP contribution in [-0.4, -0.2) is 0 Å². The van der Waals surface area contributed by atoms with Crippen LogP contribution in [0, 0.1) is 11.6 Å². The van der Waals surface area contributed by atoms with Crippen molar-refractivity contribution < 1.29 is 13.2 Å². The van der Waals surface area contributed by atoms with Crippen LogP contribution >= 0.6 is 0 Å². The van der Waals surface area contributed by atoms with Gasteiger partial charge in [-0.2, -0.15) is 0 Å². The van der Waals surface area contributed by atoms with Crippen LogP contribution in [0.4, 0.5) is 14.5 Å². The van der Waals surface area contributed by atoms with Gasteiger partial charge in [0.25, 0.3) is 0 Å². The smallest absolute Gasteiger partial charge is 0.336 e. The van der Waals surface area contributed by atoms with E-state index in [0.717, 1.165) is 36.3 Å². The molecule has 0 aliphatic heterocycles. The predicted molar refractivity (Wildman–Crippen MR) is 88.2 cm³/mol. The van der Waals surface area contributed by atoms with Gasteiger partial charge in [-0.3, -0.25) is 0 Å². The highest BCUT2D eigenvalue weighted by molar-refractivity contribution is 5.82. The molecule has 0 amide bonds. The first-order valence-corrected chi connectivity index (χ1v) is 7.87. The number of aryl methyl sites for hydroxylation is 2. The molecule has 1 N–H and O–H groups in total. The Morgan fingerprint density at radius 2 is 1.83 bits per heavy atom. The van der Waals surface area contributed by atoms with Crippen molar-refractivity contribution in [1.82, 2.24) is 0 Å². The van der Waals surface area contributed by atoms with E-state index < -0.39 is 17.3 Å². The fourth-order valence-electron chi connectivity index (χ4n) is 3.26. The Kier molecular flexibility index (Phi) is 3.56. The van der Waals surface area contributed by atoms with Crippen LogP contribution in [0.2, 0.25) is 0 Å². The quantitative estimate of drug-likeness (QED) is 0.734. The van der Waals surface area contributed by atoms with Gasteiger partial charge in [0.05, 0.1) is 5.69 Å².